The third-order valence-electron chi connectivity index (χ3n) is 4.35. The van der Waals surface area contributed by atoms with Gasteiger partial charge in [0.25, 0.3) is 0 Å². The van der Waals surface area contributed by atoms with Crippen LogP contribution in [-0.4, -0.2) is 57.4 Å². The molecule has 1 atom stereocenters. The highest BCUT2D eigenvalue weighted by molar-refractivity contribution is 7.89. The number of benzene rings is 1. The van der Waals surface area contributed by atoms with Crippen molar-refractivity contribution in [2.75, 3.05) is 31.8 Å². The lowest BCUT2D eigenvalue weighted by molar-refractivity contribution is -0.121. The van der Waals surface area contributed by atoms with Gasteiger partial charge >= 0.3 is 0 Å². The lowest BCUT2D eigenvalue weighted by atomic mass is 10.2. The van der Waals surface area contributed by atoms with E-state index in [1.807, 2.05) is 0 Å². The zero-order chi connectivity index (χ0) is 18.2. The number of hydrogen-bond donors (Lipinski definition) is 0. The van der Waals surface area contributed by atoms with Crippen LogP contribution in [0.15, 0.2) is 23.1 Å². The molecule has 1 aromatic rings. The van der Waals surface area contributed by atoms with Crippen molar-refractivity contribution in [1.82, 2.24) is 4.31 Å². The van der Waals surface area contributed by atoms with Gasteiger partial charge in [0.2, 0.25) is 21.8 Å². The van der Waals surface area contributed by atoms with E-state index in [1.165, 1.54) is 29.6 Å². The van der Waals surface area contributed by atoms with Crippen LogP contribution in [0.5, 0.6) is 5.75 Å². The van der Waals surface area contributed by atoms with Gasteiger partial charge < -0.3 is 9.47 Å². The van der Waals surface area contributed by atoms with E-state index in [9.17, 15) is 18.0 Å². The van der Waals surface area contributed by atoms with Crippen LogP contribution in [0, 0.1) is 0 Å². The number of morpholine rings is 1. The average Bonchev–Trinajstić information content (AvgIpc) is 2.93. The van der Waals surface area contributed by atoms with Crippen LogP contribution in [0.4, 0.5) is 5.69 Å². The van der Waals surface area contributed by atoms with Crippen molar-refractivity contribution in [3.8, 4) is 5.75 Å². The van der Waals surface area contributed by atoms with Crippen LogP contribution < -0.4 is 9.64 Å². The number of amides is 2. The molecule has 0 saturated carbocycles. The molecule has 2 saturated heterocycles. The summed E-state index contributed by atoms with van der Waals surface area (Å²) >= 11 is 0. The monoisotopic (exact) mass is 368 g/mol. The first kappa shape index (κ1) is 17.8. The maximum absolute atomic E-state index is 13.1. The van der Waals surface area contributed by atoms with Gasteiger partial charge in [-0.3, -0.25) is 14.5 Å². The van der Waals surface area contributed by atoms with Gasteiger partial charge in [-0.15, -0.1) is 0 Å². The number of nitrogens with zero attached hydrogens (tertiary/aromatic N) is 2. The van der Waals surface area contributed by atoms with Crippen LogP contribution >= 0.6 is 0 Å². The van der Waals surface area contributed by atoms with Gasteiger partial charge in [-0.1, -0.05) is 0 Å². The molecule has 9 heteroatoms. The molecule has 0 bridgehead atoms. The zero-order valence-corrected chi connectivity index (χ0v) is 14.9. The largest absolute Gasteiger partial charge is 0.495 e. The predicted octanol–water partition coefficient (Wildman–Crippen LogP) is 0.758. The number of hydrogen-bond acceptors (Lipinski definition) is 6. The Morgan fingerprint density at radius 2 is 1.88 bits per heavy atom. The summed E-state index contributed by atoms with van der Waals surface area (Å²) in [6.07, 6.45) is 0.265. The average molecular weight is 368 g/mol. The molecule has 0 aromatic heterocycles. The topological polar surface area (TPSA) is 93.2 Å². The molecule has 0 N–H and O–H groups in total. The second kappa shape index (κ2) is 6.74. The van der Waals surface area contributed by atoms with Crippen LogP contribution in [0.3, 0.4) is 0 Å². The van der Waals surface area contributed by atoms with Crippen molar-refractivity contribution in [1.29, 1.82) is 0 Å². The molecule has 136 valence electrons. The number of imide groups is 1. The highest BCUT2D eigenvalue weighted by Gasteiger charge is 2.36. The van der Waals surface area contributed by atoms with Crippen LogP contribution in [0.1, 0.15) is 19.8 Å². The lowest BCUT2D eigenvalue weighted by Gasteiger charge is -2.32. The van der Waals surface area contributed by atoms with Crippen molar-refractivity contribution in [2.45, 2.75) is 30.7 Å². The number of carbonyl (C=O) groups excluding carboxylic acids is 2. The van der Waals surface area contributed by atoms with Crippen LogP contribution in [0.25, 0.3) is 0 Å². The van der Waals surface area contributed by atoms with Crippen molar-refractivity contribution in [3.05, 3.63) is 18.2 Å². The highest BCUT2D eigenvalue weighted by Crippen LogP contribution is 2.34. The molecule has 2 heterocycles. The smallest absolute Gasteiger partial charge is 0.247 e. The Morgan fingerprint density at radius 1 is 1.20 bits per heavy atom. The molecule has 25 heavy (non-hydrogen) atoms. The zero-order valence-electron chi connectivity index (χ0n) is 14.1. The Bertz CT molecular complexity index is 791. The normalized spacial score (nSPS) is 22.5. The molecule has 0 aliphatic carbocycles. The number of ether oxygens (including phenoxy) is 2. The Kier molecular flexibility index (Phi) is 4.81. The van der Waals surface area contributed by atoms with E-state index in [0.717, 1.165) is 4.90 Å². The SMILES string of the molecule is COc1ccc(N2C(=O)CCC2=O)cc1S(=O)(=O)N1CCOCC1C. The minimum Gasteiger partial charge on any atom is -0.495 e. The van der Waals surface area contributed by atoms with Gasteiger partial charge in [-0.25, -0.2) is 8.42 Å². The molecule has 0 radical (unpaired) electrons. The van der Waals surface area contributed by atoms with E-state index in [0.29, 0.717) is 13.2 Å². The summed E-state index contributed by atoms with van der Waals surface area (Å²) in [4.78, 5) is 24.9. The first-order valence-electron chi connectivity index (χ1n) is 7.99. The number of rotatable bonds is 4. The van der Waals surface area contributed by atoms with Gasteiger partial charge in [-0.2, -0.15) is 4.31 Å². The fourth-order valence-electron chi connectivity index (χ4n) is 3.07. The van der Waals surface area contributed by atoms with Crippen molar-refractivity contribution in [3.63, 3.8) is 0 Å². The Hall–Kier alpha value is -1.97. The number of carbonyl (C=O) groups is 2. The van der Waals surface area contributed by atoms with E-state index in [-0.39, 0.29) is 53.6 Å². The summed E-state index contributed by atoms with van der Waals surface area (Å²) in [6.45, 7) is 2.62. The molecular weight excluding hydrogens is 348 g/mol. The molecule has 3 rings (SSSR count). The summed E-state index contributed by atoms with van der Waals surface area (Å²) < 4.78 is 38.1. The molecule has 1 aromatic carbocycles. The van der Waals surface area contributed by atoms with E-state index in [2.05, 4.69) is 0 Å². The molecule has 1 unspecified atom stereocenters. The maximum atomic E-state index is 13.1. The summed E-state index contributed by atoms with van der Waals surface area (Å²) in [5.41, 5.74) is 0.243. The quantitative estimate of drug-likeness (QED) is 0.729. The molecule has 8 nitrogen and oxygen atoms in total. The van der Waals surface area contributed by atoms with Crippen molar-refractivity contribution in [2.24, 2.45) is 0 Å². The molecule has 2 aliphatic rings. The third-order valence-corrected chi connectivity index (χ3v) is 6.39. The van der Waals surface area contributed by atoms with Gasteiger partial charge in [0.05, 0.1) is 26.0 Å². The van der Waals surface area contributed by atoms with E-state index in [1.54, 1.807) is 6.92 Å². The Balaban J connectivity index is 2.06. The van der Waals surface area contributed by atoms with E-state index < -0.39 is 10.0 Å². The summed E-state index contributed by atoms with van der Waals surface area (Å²) in [7, 11) is -2.48. The van der Waals surface area contributed by atoms with Crippen molar-refractivity contribution >= 4 is 27.5 Å². The van der Waals surface area contributed by atoms with Gasteiger partial charge in [0.15, 0.2) is 0 Å². The highest BCUT2D eigenvalue weighted by atomic mass is 32.2. The van der Waals surface area contributed by atoms with Gasteiger partial charge in [0, 0.05) is 25.4 Å². The number of anilines is 1. The lowest BCUT2D eigenvalue weighted by Crippen LogP contribution is -2.47. The summed E-state index contributed by atoms with van der Waals surface area (Å²) in [5, 5.41) is 0. The Labute approximate surface area is 146 Å². The maximum Gasteiger partial charge on any atom is 0.247 e. The Morgan fingerprint density at radius 3 is 2.48 bits per heavy atom. The standard InChI is InChI=1S/C16H20N2O6S/c1-11-10-24-8-7-17(11)25(21,22)14-9-12(3-4-13(14)23-2)18-15(19)5-6-16(18)20/h3-4,9,11H,5-8,10H2,1-2H3. The second-order valence-electron chi connectivity index (χ2n) is 6.00. The summed E-state index contributed by atoms with van der Waals surface area (Å²) in [6, 6.07) is 3.99. The first-order chi connectivity index (χ1) is 11.9. The molecular formula is C16H20N2O6S. The fourth-order valence-corrected chi connectivity index (χ4v) is 4.84. The number of sulfonamides is 1. The molecule has 2 fully saturated rings. The fraction of sp³-hybridized carbons (Fsp3) is 0.500. The van der Waals surface area contributed by atoms with Crippen LogP contribution in [-0.2, 0) is 24.3 Å². The van der Waals surface area contributed by atoms with Crippen LogP contribution in [0.2, 0.25) is 0 Å². The first-order valence-corrected chi connectivity index (χ1v) is 9.43. The summed E-state index contributed by atoms with van der Waals surface area (Å²) in [5.74, 6) is -0.502. The third kappa shape index (κ3) is 3.14. The number of methoxy groups -OCH3 is 1. The minimum absolute atomic E-state index is 0.0613. The predicted molar refractivity (Wildman–Crippen MR) is 88.9 cm³/mol. The van der Waals surface area contributed by atoms with Crippen molar-refractivity contribution < 1.29 is 27.5 Å². The van der Waals surface area contributed by atoms with E-state index in [4.69, 9.17) is 9.47 Å². The van der Waals surface area contributed by atoms with E-state index >= 15 is 0 Å². The van der Waals surface area contributed by atoms with Gasteiger partial charge in [-0.05, 0) is 25.1 Å². The molecule has 2 aliphatic heterocycles. The molecule has 2 amide bonds. The minimum atomic E-state index is -3.86. The molecule has 0 spiro atoms. The second-order valence-corrected chi connectivity index (χ2v) is 7.86. The van der Waals surface area contributed by atoms with Gasteiger partial charge in [0.1, 0.15) is 10.6 Å².